The molecule has 1 unspecified atom stereocenters. The monoisotopic (exact) mass is 472 g/mol. The smallest absolute Gasteiger partial charge is 0.384 e. The van der Waals surface area contributed by atoms with Gasteiger partial charge in [0.1, 0.15) is 11.9 Å². The zero-order chi connectivity index (χ0) is 23.0. The Labute approximate surface area is 186 Å². The van der Waals surface area contributed by atoms with Crippen LogP contribution in [0.5, 0.6) is 0 Å². The number of ketones is 1. The molecule has 1 fully saturated rings. The first-order valence-corrected chi connectivity index (χ1v) is 10.4. The van der Waals surface area contributed by atoms with Crippen LogP contribution in [0.3, 0.4) is 0 Å². The Morgan fingerprint density at radius 2 is 2.06 bits per heavy atom. The molecule has 0 spiro atoms. The molecule has 1 aromatic heterocycles. The zero-order valence-electron chi connectivity index (χ0n) is 16.7. The number of carbonyl (C=O) groups excluding carboxylic acids is 2. The molecule has 0 aliphatic carbocycles. The molecule has 6 nitrogen and oxygen atoms in total. The minimum Gasteiger partial charge on any atom is -0.384 e. The highest BCUT2D eigenvalue weighted by atomic mass is 35.5. The Bertz CT molecular complexity index is 1000. The summed E-state index contributed by atoms with van der Waals surface area (Å²) >= 11 is 5.79. The van der Waals surface area contributed by atoms with E-state index in [0.717, 1.165) is 5.56 Å². The number of rotatable bonds is 6. The van der Waals surface area contributed by atoms with Gasteiger partial charge in [-0.3, -0.25) is 14.5 Å². The van der Waals surface area contributed by atoms with Crippen molar-refractivity contribution in [2.75, 3.05) is 17.3 Å². The van der Waals surface area contributed by atoms with Crippen molar-refractivity contribution in [1.82, 2.24) is 9.88 Å². The lowest BCUT2D eigenvalue weighted by molar-refractivity contribution is -0.131. The number of aldehydes is 1. The molecule has 1 aromatic carbocycles. The second kappa shape index (κ2) is 8.68. The molecule has 2 aromatic rings. The number of hydrogen-bond acceptors (Lipinski definition) is 7. The van der Waals surface area contributed by atoms with Crippen molar-refractivity contribution in [2.24, 2.45) is 0 Å². The van der Waals surface area contributed by atoms with Gasteiger partial charge in [0, 0.05) is 28.9 Å². The van der Waals surface area contributed by atoms with Gasteiger partial charge in [-0.05, 0) is 61.5 Å². The number of nitrogen functional groups attached to an aromatic ring is 1. The molecule has 3 rings (SSSR count). The molecule has 0 amide bonds. The van der Waals surface area contributed by atoms with Crippen LogP contribution in [-0.4, -0.2) is 45.7 Å². The van der Waals surface area contributed by atoms with Gasteiger partial charge in [-0.2, -0.15) is 13.2 Å². The molecule has 0 saturated carbocycles. The first kappa shape index (κ1) is 23.4. The van der Waals surface area contributed by atoms with Crippen LogP contribution in [0, 0.1) is 0 Å². The van der Waals surface area contributed by atoms with E-state index in [1.54, 1.807) is 23.2 Å². The van der Waals surface area contributed by atoms with Crippen molar-refractivity contribution in [1.29, 1.82) is 0 Å². The van der Waals surface area contributed by atoms with Crippen LogP contribution in [0.25, 0.3) is 0 Å². The Balaban J connectivity index is 1.95. The van der Waals surface area contributed by atoms with Gasteiger partial charge in [0.05, 0.1) is 11.7 Å². The number of benzene rings is 1. The van der Waals surface area contributed by atoms with Crippen molar-refractivity contribution in [3.63, 3.8) is 0 Å². The third-order valence-electron chi connectivity index (χ3n) is 5.20. The lowest BCUT2D eigenvalue weighted by Gasteiger charge is -2.34. The predicted octanol–water partition coefficient (Wildman–Crippen LogP) is 4.12. The normalized spacial score (nSPS) is 18.9. The summed E-state index contributed by atoms with van der Waals surface area (Å²) in [6.45, 7) is 4.34. The number of thioether (sulfide) groups is 1. The van der Waals surface area contributed by atoms with E-state index in [2.05, 4.69) is 4.98 Å². The maximum atomic E-state index is 12.7. The number of halogens is 4. The van der Waals surface area contributed by atoms with E-state index in [9.17, 15) is 22.8 Å². The van der Waals surface area contributed by atoms with Gasteiger partial charge in [0.2, 0.25) is 5.78 Å². The summed E-state index contributed by atoms with van der Waals surface area (Å²) in [6, 6.07) is 6.78. The number of nitrogens with zero attached hydrogens (tertiary/aromatic N) is 3. The van der Waals surface area contributed by atoms with E-state index in [4.69, 9.17) is 17.3 Å². The molecule has 1 aliphatic rings. The van der Waals surface area contributed by atoms with Crippen LogP contribution in [0.4, 0.5) is 24.7 Å². The number of carbonyl (C=O) groups is 2. The number of hydrogen-bond donors (Lipinski definition) is 1. The average molecular weight is 473 g/mol. The topological polar surface area (TPSA) is 79.5 Å². The molecule has 0 bridgehead atoms. The Kier molecular flexibility index (Phi) is 6.54. The maximum Gasteiger partial charge on any atom is 0.446 e. The summed E-state index contributed by atoms with van der Waals surface area (Å²) in [7, 11) is 0. The average Bonchev–Trinajstić information content (AvgIpc) is 2.92. The summed E-state index contributed by atoms with van der Waals surface area (Å²) in [5.41, 5.74) is 1.83. The van der Waals surface area contributed by atoms with Gasteiger partial charge in [0.25, 0.3) is 0 Å². The van der Waals surface area contributed by atoms with Gasteiger partial charge in [-0.25, -0.2) is 4.98 Å². The van der Waals surface area contributed by atoms with Gasteiger partial charge >= 0.3 is 5.51 Å². The fourth-order valence-corrected chi connectivity index (χ4v) is 4.57. The van der Waals surface area contributed by atoms with Crippen LogP contribution in [-0.2, 0) is 16.1 Å². The highest BCUT2D eigenvalue weighted by Gasteiger charge is 2.50. The number of nitrogens with two attached hydrogens (primary N) is 1. The number of aromatic nitrogens is 1. The SMILES string of the molecule is CC1(C)C(C(=O)C=O)N(c2ccc(SC(F)(F)F)c(Cl)c2)CN1Cc1ccnc(N)c1. The Morgan fingerprint density at radius 3 is 2.65 bits per heavy atom. The van der Waals surface area contributed by atoms with Crippen LogP contribution in [0.15, 0.2) is 41.4 Å². The molecule has 0 radical (unpaired) electrons. The molecular weight excluding hydrogens is 453 g/mol. The highest BCUT2D eigenvalue weighted by Crippen LogP contribution is 2.43. The number of pyridine rings is 1. The van der Waals surface area contributed by atoms with Crippen molar-refractivity contribution >= 4 is 46.9 Å². The number of Topliss-reactive ketones (excluding diaryl/α,β-unsaturated/α-hetero) is 1. The minimum atomic E-state index is -4.47. The highest BCUT2D eigenvalue weighted by molar-refractivity contribution is 8.00. The summed E-state index contributed by atoms with van der Waals surface area (Å²) in [6.07, 6.45) is 1.85. The van der Waals surface area contributed by atoms with Crippen molar-refractivity contribution < 1.29 is 22.8 Å². The second-order valence-corrected chi connectivity index (χ2v) is 9.15. The van der Waals surface area contributed by atoms with Gasteiger partial charge in [-0.15, -0.1) is 0 Å². The lowest BCUT2D eigenvalue weighted by atomic mass is 9.90. The third kappa shape index (κ3) is 5.13. The van der Waals surface area contributed by atoms with E-state index < -0.39 is 22.9 Å². The first-order chi connectivity index (χ1) is 14.4. The predicted molar refractivity (Wildman–Crippen MR) is 114 cm³/mol. The maximum absolute atomic E-state index is 12.7. The Hall–Kier alpha value is -2.30. The zero-order valence-corrected chi connectivity index (χ0v) is 18.3. The van der Waals surface area contributed by atoms with Crippen LogP contribution in [0.2, 0.25) is 5.02 Å². The van der Waals surface area contributed by atoms with Crippen LogP contribution < -0.4 is 10.6 Å². The first-order valence-electron chi connectivity index (χ1n) is 9.19. The summed E-state index contributed by atoms with van der Waals surface area (Å²) in [5, 5.41) is -0.0877. The third-order valence-corrected chi connectivity index (χ3v) is 6.43. The van der Waals surface area contributed by atoms with Gasteiger partial charge < -0.3 is 10.6 Å². The summed E-state index contributed by atoms with van der Waals surface area (Å²) in [5.74, 6) is -0.275. The fourth-order valence-electron chi connectivity index (χ4n) is 3.74. The van der Waals surface area contributed by atoms with Crippen LogP contribution in [0.1, 0.15) is 19.4 Å². The van der Waals surface area contributed by atoms with E-state index >= 15 is 0 Å². The summed E-state index contributed by atoms with van der Waals surface area (Å²) < 4.78 is 38.1. The molecule has 31 heavy (non-hydrogen) atoms. The molecular formula is C20H20ClF3N4O2S. The molecule has 166 valence electrons. The van der Waals surface area contributed by atoms with Crippen molar-refractivity contribution in [3.05, 3.63) is 47.1 Å². The van der Waals surface area contributed by atoms with Crippen molar-refractivity contribution in [2.45, 2.75) is 42.4 Å². The van der Waals surface area contributed by atoms with Gasteiger partial charge in [0.15, 0.2) is 6.29 Å². The molecule has 1 saturated heterocycles. The van der Waals surface area contributed by atoms with E-state index in [1.807, 2.05) is 18.7 Å². The molecule has 1 atom stereocenters. The fraction of sp³-hybridized carbons (Fsp3) is 0.350. The van der Waals surface area contributed by atoms with E-state index in [1.165, 1.54) is 18.2 Å². The largest absolute Gasteiger partial charge is 0.446 e. The summed E-state index contributed by atoms with van der Waals surface area (Å²) in [4.78, 5) is 31.4. The quantitative estimate of drug-likeness (QED) is 0.385. The standard InChI is InChI=1S/C20H20ClF3N4O2S/c1-19(2)18(15(30)10-29)28(11-27(19)9-12-5-6-26-17(25)7-12)13-3-4-16(14(21)8-13)31-20(22,23)24/h3-8,10,18H,9,11H2,1-2H3,(H2,25,26). The number of anilines is 2. The van der Waals surface area contributed by atoms with Crippen molar-refractivity contribution in [3.8, 4) is 0 Å². The van der Waals surface area contributed by atoms with E-state index in [0.29, 0.717) is 18.1 Å². The molecule has 2 N–H and O–H groups in total. The molecule has 11 heteroatoms. The lowest BCUT2D eigenvalue weighted by Crippen LogP contribution is -2.51. The molecule has 2 heterocycles. The second-order valence-electron chi connectivity index (χ2n) is 7.64. The minimum absolute atomic E-state index is 0.0877. The number of alkyl halides is 3. The van der Waals surface area contributed by atoms with Crippen LogP contribution >= 0.6 is 23.4 Å². The Morgan fingerprint density at radius 1 is 1.35 bits per heavy atom. The van der Waals surface area contributed by atoms with E-state index in [-0.39, 0.29) is 34.6 Å². The molecule has 1 aliphatic heterocycles. The van der Waals surface area contributed by atoms with Gasteiger partial charge in [-0.1, -0.05) is 11.6 Å².